The molecule has 6 nitrogen and oxygen atoms in total. The first-order valence-electron chi connectivity index (χ1n) is 7.50. The van der Waals surface area contributed by atoms with Crippen LogP contribution in [0.4, 0.5) is 16.6 Å². The van der Waals surface area contributed by atoms with Crippen molar-refractivity contribution in [3.63, 3.8) is 0 Å². The van der Waals surface area contributed by atoms with E-state index >= 15 is 0 Å². The second-order valence-corrected chi connectivity index (χ2v) is 6.91. The SMILES string of the molecule is COc1ccc(NC(=O)Cc2csc(Nc3ccc(Cl)cn3)n2)cc1Cl. The van der Waals surface area contributed by atoms with E-state index in [1.54, 1.807) is 36.5 Å². The fourth-order valence-electron chi connectivity index (χ4n) is 2.12. The van der Waals surface area contributed by atoms with Gasteiger partial charge in [-0.05, 0) is 30.3 Å². The van der Waals surface area contributed by atoms with E-state index in [1.807, 2.05) is 5.38 Å². The molecule has 0 unspecified atom stereocenters. The van der Waals surface area contributed by atoms with Crippen molar-refractivity contribution >= 4 is 57.1 Å². The molecule has 0 saturated carbocycles. The summed E-state index contributed by atoms with van der Waals surface area (Å²) in [4.78, 5) is 20.7. The molecule has 0 saturated heterocycles. The number of hydrogen-bond acceptors (Lipinski definition) is 6. The van der Waals surface area contributed by atoms with Crippen LogP contribution in [0.5, 0.6) is 5.75 Å². The lowest BCUT2D eigenvalue weighted by molar-refractivity contribution is -0.115. The lowest BCUT2D eigenvalue weighted by atomic mass is 10.2. The molecule has 0 atom stereocenters. The average molecular weight is 409 g/mol. The summed E-state index contributed by atoms with van der Waals surface area (Å²) < 4.78 is 5.09. The molecule has 0 fully saturated rings. The minimum Gasteiger partial charge on any atom is -0.495 e. The molecule has 2 heterocycles. The molecule has 134 valence electrons. The fourth-order valence-corrected chi connectivity index (χ4v) is 3.21. The molecule has 0 radical (unpaired) electrons. The first-order valence-corrected chi connectivity index (χ1v) is 9.13. The highest BCUT2D eigenvalue weighted by Gasteiger charge is 2.10. The quantitative estimate of drug-likeness (QED) is 0.613. The minimum absolute atomic E-state index is 0.149. The van der Waals surface area contributed by atoms with Crippen molar-refractivity contribution in [1.29, 1.82) is 0 Å². The lowest BCUT2D eigenvalue weighted by Gasteiger charge is -2.07. The van der Waals surface area contributed by atoms with Crippen molar-refractivity contribution in [1.82, 2.24) is 9.97 Å². The molecule has 1 aromatic carbocycles. The molecule has 3 aromatic rings. The number of ether oxygens (including phenoxy) is 1. The Hall–Kier alpha value is -2.35. The average Bonchev–Trinajstić information content (AvgIpc) is 3.04. The van der Waals surface area contributed by atoms with Crippen LogP contribution in [0, 0.1) is 0 Å². The minimum atomic E-state index is -0.187. The third-order valence-electron chi connectivity index (χ3n) is 3.29. The van der Waals surface area contributed by atoms with Gasteiger partial charge in [-0.25, -0.2) is 9.97 Å². The summed E-state index contributed by atoms with van der Waals surface area (Å²) in [5.41, 5.74) is 1.25. The van der Waals surface area contributed by atoms with Crippen LogP contribution in [0.2, 0.25) is 10.0 Å². The molecule has 0 spiro atoms. The van der Waals surface area contributed by atoms with Gasteiger partial charge in [-0.2, -0.15) is 0 Å². The van der Waals surface area contributed by atoms with Crippen molar-refractivity contribution in [2.75, 3.05) is 17.7 Å². The van der Waals surface area contributed by atoms with Crippen molar-refractivity contribution in [2.24, 2.45) is 0 Å². The first-order chi connectivity index (χ1) is 12.5. The Morgan fingerprint density at radius 2 is 2.12 bits per heavy atom. The molecule has 2 aromatic heterocycles. The number of anilines is 3. The summed E-state index contributed by atoms with van der Waals surface area (Å²) in [6.07, 6.45) is 1.70. The third kappa shape index (κ3) is 4.85. The molecular formula is C17H14Cl2N4O2S. The molecular weight excluding hydrogens is 395 g/mol. The number of methoxy groups -OCH3 is 1. The number of amides is 1. The van der Waals surface area contributed by atoms with E-state index in [0.29, 0.717) is 38.1 Å². The van der Waals surface area contributed by atoms with Crippen molar-refractivity contribution in [3.8, 4) is 5.75 Å². The van der Waals surface area contributed by atoms with Gasteiger partial charge in [0.25, 0.3) is 0 Å². The van der Waals surface area contributed by atoms with Gasteiger partial charge in [-0.15, -0.1) is 11.3 Å². The highest BCUT2D eigenvalue weighted by atomic mass is 35.5. The number of rotatable bonds is 6. The Morgan fingerprint density at radius 3 is 2.81 bits per heavy atom. The van der Waals surface area contributed by atoms with Crippen molar-refractivity contribution < 1.29 is 9.53 Å². The summed E-state index contributed by atoms with van der Waals surface area (Å²) in [6, 6.07) is 8.55. The van der Waals surface area contributed by atoms with E-state index in [-0.39, 0.29) is 12.3 Å². The number of nitrogens with one attached hydrogen (secondary N) is 2. The zero-order valence-electron chi connectivity index (χ0n) is 13.6. The smallest absolute Gasteiger partial charge is 0.230 e. The summed E-state index contributed by atoms with van der Waals surface area (Å²) in [7, 11) is 1.53. The zero-order chi connectivity index (χ0) is 18.5. The van der Waals surface area contributed by atoms with E-state index < -0.39 is 0 Å². The highest BCUT2D eigenvalue weighted by molar-refractivity contribution is 7.13. The predicted molar refractivity (Wildman–Crippen MR) is 105 cm³/mol. The normalized spacial score (nSPS) is 10.4. The van der Waals surface area contributed by atoms with Crippen LogP contribution in [-0.2, 0) is 11.2 Å². The number of halogens is 2. The number of nitrogens with zero attached hydrogens (tertiary/aromatic N) is 2. The van der Waals surface area contributed by atoms with Crippen LogP contribution in [0.3, 0.4) is 0 Å². The predicted octanol–water partition coefficient (Wildman–Crippen LogP) is 4.78. The molecule has 0 aliphatic carbocycles. The van der Waals surface area contributed by atoms with E-state index in [4.69, 9.17) is 27.9 Å². The molecule has 0 bridgehead atoms. The number of carbonyl (C=O) groups excluding carboxylic acids is 1. The van der Waals surface area contributed by atoms with Gasteiger partial charge in [0.05, 0.1) is 29.3 Å². The van der Waals surface area contributed by atoms with E-state index in [2.05, 4.69) is 20.6 Å². The molecule has 26 heavy (non-hydrogen) atoms. The molecule has 2 N–H and O–H groups in total. The van der Waals surface area contributed by atoms with Gasteiger partial charge >= 0.3 is 0 Å². The van der Waals surface area contributed by atoms with Crippen LogP contribution in [-0.4, -0.2) is 23.0 Å². The van der Waals surface area contributed by atoms with Crippen LogP contribution >= 0.6 is 34.5 Å². The fraction of sp³-hybridized carbons (Fsp3) is 0.118. The summed E-state index contributed by atoms with van der Waals surface area (Å²) >= 11 is 13.3. The monoisotopic (exact) mass is 408 g/mol. The van der Waals surface area contributed by atoms with Gasteiger partial charge in [-0.1, -0.05) is 23.2 Å². The zero-order valence-corrected chi connectivity index (χ0v) is 16.0. The van der Waals surface area contributed by atoms with Gasteiger partial charge in [0.1, 0.15) is 11.6 Å². The Kier molecular flexibility index (Phi) is 5.92. The number of thiazole rings is 1. The summed E-state index contributed by atoms with van der Waals surface area (Å²) in [5, 5.41) is 9.31. The number of benzene rings is 1. The number of hydrogen-bond donors (Lipinski definition) is 2. The molecule has 3 rings (SSSR count). The van der Waals surface area contributed by atoms with Crippen LogP contribution in [0.15, 0.2) is 41.9 Å². The standard InChI is InChI=1S/C17H14Cl2N4O2S/c1-25-14-4-3-11(6-13(14)19)21-16(24)7-12-9-26-17(22-12)23-15-5-2-10(18)8-20-15/h2-6,8-9H,7H2,1H3,(H,21,24)(H,20,22,23). The van der Waals surface area contributed by atoms with Gasteiger partial charge in [0, 0.05) is 17.3 Å². The maximum Gasteiger partial charge on any atom is 0.230 e. The summed E-state index contributed by atoms with van der Waals surface area (Å²) in [5.74, 6) is 0.996. The lowest BCUT2D eigenvalue weighted by Crippen LogP contribution is -2.14. The second kappa shape index (κ2) is 8.35. The van der Waals surface area contributed by atoms with Gasteiger partial charge in [0.2, 0.25) is 5.91 Å². The molecule has 0 aliphatic rings. The number of aromatic nitrogens is 2. The van der Waals surface area contributed by atoms with E-state index in [0.717, 1.165) is 0 Å². The van der Waals surface area contributed by atoms with E-state index in [1.165, 1.54) is 18.4 Å². The van der Waals surface area contributed by atoms with Crippen molar-refractivity contribution in [3.05, 3.63) is 57.6 Å². The number of pyridine rings is 1. The van der Waals surface area contributed by atoms with Gasteiger partial charge in [0.15, 0.2) is 5.13 Å². The van der Waals surface area contributed by atoms with Crippen LogP contribution in [0.25, 0.3) is 0 Å². The molecule has 1 amide bonds. The maximum absolute atomic E-state index is 12.2. The maximum atomic E-state index is 12.2. The van der Waals surface area contributed by atoms with Crippen molar-refractivity contribution in [2.45, 2.75) is 6.42 Å². The molecule has 9 heteroatoms. The topological polar surface area (TPSA) is 76.1 Å². The Balaban J connectivity index is 1.59. The van der Waals surface area contributed by atoms with Gasteiger partial charge < -0.3 is 15.4 Å². The van der Waals surface area contributed by atoms with Crippen LogP contribution < -0.4 is 15.4 Å². The first kappa shape index (κ1) is 18.4. The Morgan fingerprint density at radius 1 is 1.27 bits per heavy atom. The van der Waals surface area contributed by atoms with Crippen LogP contribution in [0.1, 0.15) is 5.69 Å². The third-order valence-corrected chi connectivity index (χ3v) is 4.62. The second-order valence-electron chi connectivity index (χ2n) is 5.20. The largest absolute Gasteiger partial charge is 0.495 e. The molecule has 0 aliphatic heterocycles. The van der Waals surface area contributed by atoms with E-state index in [9.17, 15) is 4.79 Å². The highest BCUT2D eigenvalue weighted by Crippen LogP contribution is 2.27. The number of carbonyl (C=O) groups is 1. The summed E-state index contributed by atoms with van der Waals surface area (Å²) in [6.45, 7) is 0. The Labute approximate surface area is 164 Å². The Bertz CT molecular complexity index is 915. The van der Waals surface area contributed by atoms with Gasteiger partial charge in [-0.3, -0.25) is 4.79 Å².